The topological polar surface area (TPSA) is 102 Å². The fourth-order valence-corrected chi connectivity index (χ4v) is 5.96. The summed E-state index contributed by atoms with van der Waals surface area (Å²) < 4.78 is 108. The van der Waals surface area contributed by atoms with Gasteiger partial charge in [0.15, 0.2) is 29.5 Å². The molecule has 0 bridgehead atoms. The second kappa shape index (κ2) is 5.20. The number of benzene rings is 1. The summed E-state index contributed by atoms with van der Waals surface area (Å²) in [4.78, 5) is -3.57. The molecule has 0 amide bonds. The van der Waals surface area contributed by atoms with Crippen molar-refractivity contribution in [1.82, 2.24) is 0 Å². The molecule has 0 spiro atoms. The van der Waals surface area contributed by atoms with Gasteiger partial charge in [0.1, 0.15) is 4.90 Å². The molecule has 1 aromatic carbocycles. The van der Waals surface area contributed by atoms with E-state index >= 15 is 0 Å². The molecule has 0 saturated carbocycles. The Kier molecular flexibility index (Phi) is 4.47. The zero-order chi connectivity index (χ0) is 17.7. The van der Waals surface area contributed by atoms with Gasteiger partial charge in [0.2, 0.25) is 0 Å². The molecule has 0 atom stereocenters. The lowest BCUT2D eigenvalue weighted by molar-refractivity contribution is -0.138. The van der Waals surface area contributed by atoms with E-state index in [9.17, 15) is 38.4 Å². The lowest BCUT2D eigenvalue weighted by Gasteiger charge is -2.15. The molecule has 12 heteroatoms. The maximum absolute atomic E-state index is 12.8. The highest BCUT2D eigenvalue weighted by molar-refractivity contribution is 7.95. The highest BCUT2D eigenvalue weighted by Gasteiger charge is 2.37. The minimum Gasteiger partial charge on any atom is -0.224 e. The van der Waals surface area contributed by atoms with Gasteiger partial charge in [0.25, 0.3) is 0 Å². The third-order valence-electron chi connectivity index (χ3n) is 2.52. The largest absolute Gasteiger partial charge is 0.416 e. The Balaban J connectivity index is 4.24. The molecule has 0 aliphatic heterocycles. The molecule has 0 unspecified atom stereocenters. The molecule has 0 radical (unpaired) electrons. The summed E-state index contributed by atoms with van der Waals surface area (Å²) in [5, 5.41) is 0. The van der Waals surface area contributed by atoms with Crippen molar-refractivity contribution < 1.29 is 38.4 Å². The standard InChI is InChI=1S/C10H11F3O6S3/c1-20(14,15)7-4-6(10(11,12)13)5-8(21(2,16)17)9(7)22(3,18)19/h4-5H,1-3H3. The second-order valence-corrected chi connectivity index (χ2v) is 10.5. The van der Waals surface area contributed by atoms with Crippen LogP contribution in [0.15, 0.2) is 26.8 Å². The molecule has 0 N–H and O–H groups in total. The Morgan fingerprint density at radius 1 is 0.727 bits per heavy atom. The van der Waals surface area contributed by atoms with Gasteiger partial charge in [-0.1, -0.05) is 0 Å². The van der Waals surface area contributed by atoms with Crippen molar-refractivity contribution in [3.05, 3.63) is 17.7 Å². The summed E-state index contributed by atoms with van der Waals surface area (Å²) in [6.07, 6.45) is -3.56. The number of hydrogen-bond donors (Lipinski definition) is 0. The molecule has 6 nitrogen and oxygen atoms in total. The van der Waals surface area contributed by atoms with Gasteiger partial charge < -0.3 is 0 Å². The Bertz CT molecular complexity index is 872. The summed E-state index contributed by atoms with van der Waals surface area (Å²) in [6, 6.07) is 0.223. The summed E-state index contributed by atoms with van der Waals surface area (Å²) in [5.41, 5.74) is -1.57. The lowest BCUT2D eigenvalue weighted by atomic mass is 10.2. The Hall–Kier alpha value is -1.14. The van der Waals surface area contributed by atoms with E-state index in [0.29, 0.717) is 18.8 Å². The predicted molar refractivity (Wildman–Crippen MR) is 70.8 cm³/mol. The maximum Gasteiger partial charge on any atom is 0.416 e. The van der Waals surface area contributed by atoms with Crippen molar-refractivity contribution in [2.45, 2.75) is 20.9 Å². The normalized spacial score (nSPS) is 14.1. The van der Waals surface area contributed by atoms with Crippen LogP contribution in [-0.2, 0) is 35.7 Å². The molecule has 0 saturated heterocycles. The van der Waals surface area contributed by atoms with Crippen molar-refractivity contribution in [2.75, 3.05) is 18.8 Å². The van der Waals surface area contributed by atoms with Crippen molar-refractivity contribution in [2.24, 2.45) is 0 Å². The van der Waals surface area contributed by atoms with Gasteiger partial charge in [-0.25, -0.2) is 25.3 Å². The van der Waals surface area contributed by atoms with E-state index in [1.807, 2.05) is 0 Å². The van der Waals surface area contributed by atoms with Gasteiger partial charge in [-0.3, -0.25) is 0 Å². The van der Waals surface area contributed by atoms with Crippen molar-refractivity contribution in [3.8, 4) is 0 Å². The number of rotatable bonds is 3. The van der Waals surface area contributed by atoms with E-state index in [4.69, 9.17) is 0 Å². The minimum atomic E-state index is -5.05. The van der Waals surface area contributed by atoms with Gasteiger partial charge in [0.05, 0.1) is 15.4 Å². The fourth-order valence-electron chi connectivity index (χ4n) is 1.66. The molecular formula is C10H11F3O6S3. The van der Waals surface area contributed by atoms with Crippen LogP contribution in [0.5, 0.6) is 0 Å². The van der Waals surface area contributed by atoms with E-state index in [-0.39, 0.29) is 12.1 Å². The third-order valence-corrected chi connectivity index (χ3v) is 6.20. The van der Waals surface area contributed by atoms with Gasteiger partial charge in [-0.2, -0.15) is 13.2 Å². The molecule has 1 aromatic rings. The van der Waals surface area contributed by atoms with Gasteiger partial charge in [0, 0.05) is 18.8 Å². The number of alkyl halides is 3. The van der Waals surface area contributed by atoms with Crippen LogP contribution in [0.1, 0.15) is 5.56 Å². The quantitative estimate of drug-likeness (QED) is 0.773. The van der Waals surface area contributed by atoms with Crippen LogP contribution < -0.4 is 0 Å². The van der Waals surface area contributed by atoms with E-state index in [1.54, 1.807) is 0 Å². The summed E-state index contributed by atoms with van der Waals surface area (Å²) >= 11 is 0. The SMILES string of the molecule is CS(=O)(=O)c1cc(C(F)(F)F)cc(S(C)(=O)=O)c1S(C)(=O)=O. The van der Waals surface area contributed by atoms with Crippen LogP contribution in [0.3, 0.4) is 0 Å². The van der Waals surface area contributed by atoms with Crippen LogP contribution >= 0.6 is 0 Å². The Labute approximate surface area is 125 Å². The summed E-state index contributed by atoms with van der Waals surface area (Å²) in [7, 11) is -13.3. The van der Waals surface area contributed by atoms with E-state index < -0.39 is 55.9 Å². The molecular weight excluding hydrogens is 369 g/mol. The Morgan fingerprint density at radius 3 is 1.23 bits per heavy atom. The molecule has 0 aromatic heterocycles. The molecule has 126 valence electrons. The molecule has 0 fully saturated rings. The van der Waals surface area contributed by atoms with Crippen LogP contribution in [-0.4, -0.2) is 44.0 Å². The van der Waals surface area contributed by atoms with E-state index in [1.165, 1.54) is 0 Å². The first kappa shape index (κ1) is 18.9. The van der Waals surface area contributed by atoms with Crippen molar-refractivity contribution in [1.29, 1.82) is 0 Å². The van der Waals surface area contributed by atoms with Crippen molar-refractivity contribution in [3.63, 3.8) is 0 Å². The van der Waals surface area contributed by atoms with Crippen LogP contribution in [0.4, 0.5) is 13.2 Å². The van der Waals surface area contributed by atoms with Crippen LogP contribution in [0, 0.1) is 0 Å². The average Bonchev–Trinajstić information content (AvgIpc) is 2.22. The summed E-state index contributed by atoms with van der Waals surface area (Å²) in [6.45, 7) is 0. The van der Waals surface area contributed by atoms with E-state index in [2.05, 4.69) is 0 Å². The zero-order valence-electron chi connectivity index (χ0n) is 11.5. The number of hydrogen-bond acceptors (Lipinski definition) is 6. The van der Waals surface area contributed by atoms with Crippen LogP contribution in [0.25, 0.3) is 0 Å². The average molecular weight is 380 g/mol. The molecule has 0 aliphatic rings. The first-order valence-corrected chi connectivity index (χ1v) is 11.0. The monoisotopic (exact) mass is 380 g/mol. The van der Waals surface area contributed by atoms with Crippen molar-refractivity contribution >= 4 is 29.5 Å². The minimum absolute atomic E-state index is 0.112. The Morgan fingerprint density at radius 2 is 1.05 bits per heavy atom. The van der Waals surface area contributed by atoms with Gasteiger partial charge in [-0.15, -0.1) is 0 Å². The lowest BCUT2D eigenvalue weighted by Crippen LogP contribution is -2.17. The smallest absolute Gasteiger partial charge is 0.224 e. The maximum atomic E-state index is 12.8. The molecule has 0 heterocycles. The fraction of sp³-hybridized carbons (Fsp3) is 0.400. The molecule has 1 rings (SSSR count). The van der Waals surface area contributed by atoms with Gasteiger partial charge in [-0.05, 0) is 12.1 Å². The summed E-state index contributed by atoms with van der Waals surface area (Å²) in [5.74, 6) is 0. The van der Waals surface area contributed by atoms with Crippen LogP contribution in [0.2, 0.25) is 0 Å². The number of sulfone groups is 3. The second-order valence-electron chi connectivity index (χ2n) is 4.62. The first-order valence-electron chi connectivity index (χ1n) is 5.31. The number of halogens is 3. The third kappa shape index (κ3) is 3.98. The first-order chi connectivity index (χ1) is 9.45. The highest BCUT2D eigenvalue weighted by Crippen LogP contribution is 2.37. The zero-order valence-corrected chi connectivity index (χ0v) is 13.9. The highest BCUT2D eigenvalue weighted by atomic mass is 32.2. The molecule has 22 heavy (non-hydrogen) atoms. The molecule has 0 aliphatic carbocycles. The van der Waals surface area contributed by atoms with E-state index in [0.717, 1.165) is 0 Å². The predicted octanol–water partition coefficient (Wildman–Crippen LogP) is 0.916. The van der Waals surface area contributed by atoms with Gasteiger partial charge >= 0.3 is 6.18 Å².